The molecule has 0 aliphatic rings. The van der Waals surface area contributed by atoms with Crippen LogP contribution in [0.4, 0.5) is 5.69 Å². The average Bonchev–Trinajstić information content (AvgIpc) is 2.59. The zero-order valence-corrected chi connectivity index (χ0v) is 15.8. The Morgan fingerprint density at radius 3 is 2.36 bits per heavy atom. The molecule has 2 aromatic carbocycles. The summed E-state index contributed by atoms with van der Waals surface area (Å²) in [5, 5.41) is 5.03. The lowest BCUT2D eigenvalue weighted by Gasteiger charge is -2.11. The largest absolute Gasteiger partial charge is 0.325 e. The van der Waals surface area contributed by atoms with Gasteiger partial charge in [-0.1, -0.05) is 41.6 Å². The number of nitrogens with one attached hydrogen (secondary N) is 1. The summed E-state index contributed by atoms with van der Waals surface area (Å²) in [6, 6.07) is 14.2. The maximum atomic E-state index is 12.2. The molecule has 0 saturated heterocycles. The minimum Gasteiger partial charge on any atom is -0.325 e. The predicted molar refractivity (Wildman–Crippen MR) is 106 cm³/mol. The summed E-state index contributed by atoms with van der Waals surface area (Å²) < 4.78 is 0. The van der Waals surface area contributed by atoms with Crippen LogP contribution in [-0.4, -0.2) is 16.6 Å². The van der Waals surface area contributed by atoms with Crippen molar-refractivity contribution >= 4 is 34.3 Å². The van der Waals surface area contributed by atoms with Crippen molar-refractivity contribution in [2.75, 3.05) is 11.1 Å². The number of pyridine rings is 1. The Balaban J connectivity index is 1.74. The first-order valence-electron chi connectivity index (χ1n) is 8.31. The van der Waals surface area contributed by atoms with E-state index >= 15 is 0 Å². The van der Waals surface area contributed by atoms with Crippen LogP contribution >= 0.6 is 11.8 Å². The number of carbonyl (C=O) groups is 1. The number of benzene rings is 2. The van der Waals surface area contributed by atoms with Crippen molar-refractivity contribution in [1.29, 1.82) is 0 Å². The maximum Gasteiger partial charge on any atom is 0.234 e. The van der Waals surface area contributed by atoms with Gasteiger partial charge >= 0.3 is 0 Å². The van der Waals surface area contributed by atoms with Gasteiger partial charge in [0.05, 0.1) is 11.3 Å². The Morgan fingerprint density at radius 1 is 0.960 bits per heavy atom. The van der Waals surface area contributed by atoms with Crippen LogP contribution in [0, 0.1) is 27.7 Å². The maximum absolute atomic E-state index is 12.2. The number of thioether (sulfide) groups is 1. The van der Waals surface area contributed by atoms with E-state index in [0.717, 1.165) is 27.4 Å². The van der Waals surface area contributed by atoms with Crippen molar-refractivity contribution in [1.82, 2.24) is 4.98 Å². The summed E-state index contributed by atoms with van der Waals surface area (Å²) >= 11 is 1.48. The third-order valence-electron chi connectivity index (χ3n) is 4.22. The Morgan fingerprint density at radius 2 is 1.64 bits per heavy atom. The molecule has 0 saturated carbocycles. The number of anilines is 1. The molecule has 3 rings (SSSR count). The van der Waals surface area contributed by atoms with Gasteiger partial charge in [-0.2, -0.15) is 0 Å². The molecule has 4 heteroatoms. The Kier molecular flexibility index (Phi) is 5.09. The van der Waals surface area contributed by atoms with Crippen LogP contribution in [0.3, 0.4) is 0 Å². The summed E-state index contributed by atoms with van der Waals surface area (Å²) in [7, 11) is 0. The van der Waals surface area contributed by atoms with Crippen LogP contribution in [0.1, 0.15) is 22.3 Å². The monoisotopic (exact) mass is 350 g/mol. The molecule has 0 radical (unpaired) electrons. The van der Waals surface area contributed by atoms with Crippen molar-refractivity contribution in [3.63, 3.8) is 0 Å². The molecule has 0 unspecified atom stereocenters. The van der Waals surface area contributed by atoms with Crippen molar-refractivity contribution in [2.45, 2.75) is 32.7 Å². The van der Waals surface area contributed by atoms with Crippen LogP contribution in [0.25, 0.3) is 10.9 Å². The molecule has 0 aliphatic carbocycles. The fraction of sp³-hybridized carbons (Fsp3) is 0.238. The fourth-order valence-electron chi connectivity index (χ4n) is 2.73. The highest BCUT2D eigenvalue weighted by atomic mass is 32.2. The van der Waals surface area contributed by atoms with E-state index in [2.05, 4.69) is 44.3 Å². The van der Waals surface area contributed by atoms with E-state index in [0.29, 0.717) is 5.75 Å². The molecule has 0 aliphatic heterocycles. The van der Waals surface area contributed by atoms with E-state index in [1.807, 2.05) is 31.2 Å². The van der Waals surface area contributed by atoms with Crippen molar-refractivity contribution in [2.24, 2.45) is 0 Å². The number of nitrogens with zero attached hydrogens (tertiary/aromatic N) is 1. The highest BCUT2D eigenvalue weighted by Crippen LogP contribution is 2.28. The van der Waals surface area contributed by atoms with Crippen molar-refractivity contribution in [3.05, 3.63) is 64.7 Å². The number of rotatable bonds is 4. The first-order valence-corrected chi connectivity index (χ1v) is 9.29. The van der Waals surface area contributed by atoms with Crippen LogP contribution < -0.4 is 5.32 Å². The van der Waals surface area contributed by atoms with E-state index in [4.69, 9.17) is 4.98 Å². The second-order valence-corrected chi connectivity index (χ2v) is 7.37. The van der Waals surface area contributed by atoms with Crippen LogP contribution in [0.5, 0.6) is 0 Å². The van der Waals surface area contributed by atoms with Gasteiger partial charge in [0.1, 0.15) is 5.03 Å². The molecule has 1 N–H and O–H groups in total. The molecule has 0 fully saturated rings. The first-order chi connectivity index (χ1) is 11.9. The highest BCUT2D eigenvalue weighted by molar-refractivity contribution is 8.00. The Bertz CT molecular complexity index is 933. The zero-order chi connectivity index (χ0) is 18.0. The number of fused-ring (bicyclic) bond motifs is 1. The number of aryl methyl sites for hydroxylation is 4. The SMILES string of the molecule is Cc1ccc(NC(=O)CSc2nc3c(C)ccc(C)c3cc2C)cc1. The summed E-state index contributed by atoms with van der Waals surface area (Å²) in [6.07, 6.45) is 0. The summed E-state index contributed by atoms with van der Waals surface area (Å²) in [5.74, 6) is 0.328. The second-order valence-electron chi connectivity index (χ2n) is 6.41. The Labute approximate surface area is 152 Å². The molecular weight excluding hydrogens is 328 g/mol. The molecule has 128 valence electrons. The van der Waals surface area contributed by atoms with Gasteiger partial charge in [-0.3, -0.25) is 4.79 Å². The first kappa shape index (κ1) is 17.5. The Hall–Kier alpha value is -2.33. The third kappa shape index (κ3) is 4.02. The normalized spacial score (nSPS) is 10.9. The number of hydrogen-bond donors (Lipinski definition) is 1. The quantitative estimate of drug-likeness (QED) is 0.658. The average molecular weight is 350 g/mol. The summed E-state index contributed by atoms with van der Waals surface area (Å²) in [6.45, 7) is 8.25. The van der Waals surface area contributed by atoms with E-state index in [-0.39, 0.29) is 5.91 Å². The van der Waals surface area contributed by atoms with Crippen LogP contribution in [0.2, 0.25) is 0 Å². The van der Waals surface area contributed by atoms with Gasteiger partial charge in [0, 0.05) is 11.1 Å². The lowest BCUT2D eigenvalue weighted by atomic mass is 10.0. The molecule has 3 aromatic rings. The third-order valence-corrected chi connectivity index (χ3v) is 5.32. The molecule has 1 heterocycles. The van der Waals surface area contributed by atoms with E-state index in [9.17, 15) is 4.79 Å². The molecule has 0 spiro atoms. The van der Waals surface area contributed by atoms with Gasteiger partial charge in [-0.15, -0.1) is 0 Å². The van der Waals surface area contributed by atoms with Gasteiger partial charge in [-0.25, -0.2) is 4.98 Å². The second kappa shape index (κ2) is 7.28. The molecule has 3 nitrogen and oxygen atoms in total. The lowest BCUT2D eigenvalue weighted by Crippen LogP contribution is -2.14. The minimum absolute atomic E-state index is 0.0175. The van der Waals surface area contributed by atoms with Gasteiger partial charge < -0.3 is 5.32 Å². The molecule has 0 atom stereocenters. The van der Waals surface area contributed by atoms with Gasteiger partial charge in [-0.05, 0) is 62.6 Å². The number of hydrogen-bond acceptors (Lipinski definition) is 3. The standard InChI is InChI=1S/C21H22N2OS/c1-13-5-9-17(10-6-13)22-19(24)12-25-21-16(4)11-18-14(2)7-8-15(3)20(18)23-21/h5-11H,12H2,1-4H3,(H,22,24). The highest BCUT2D eigenvalue weighted by Gasteiger charge is 2.10. The zero-order valence-electron chi connectivity index (χ0n) is 15.0. The van der Waals surface area contributed by atoms with Crippen molar-refractivity contribution < 1.29 is 4.79 Å². The summed E-state index contributed by atoms with van der Waals surface area (Å²) in [5.41, 5.74) is 6.51. The molecule has 1 aromatic heterocycles. The molecule has 25 heavy (non-hydrogen) atoms. The van der Waals surface area contributed by atoms with Gasteiger partial charge in [0.2, 0.25) is 5.91 Å². The topological polar surface area (TPSA) is 42.0 Å². The van der Waals surface area contributed by atoms with Crippen LogP contribution in [0.15, 0.2) is 47.5 Å². The minimum atomic E-state index is -0.0175. The summed E-state index contributed by atoms with van der Waals surface area (Å²) in [4.78, 5) is 17.0. The van der Waals surface area contributed by atoms with E-state index < -0.39 is 0 Å². The van der Waals surface area contributed by atoms with E-state index in [1.165, 1.54) is 28.3 Å². The molecule has 0 bridgehead atoms. The van der Waals surface area contributed by atoms with Gasteiger partial charge in [0.15, 0.2) is 0 Å². The number of carbonyl (C=O) groups excluding carboxylic acids is 1. The molecule has 1 amide bonds. The smallest absolute Gasteiger partial charge is 0.234 e. The predicted octanol–water partition coefficient (Wildman–Crippen LogP) is 5.20. The fourth-order valence-corrected chi connectivity index (χ4v) is 3.51. The number of aromatic nitrogens is 1. The molecular formula is C21H22N2OS. The van der Waals surface area contributed by atoms with Crippen LogP contribution in [-0.2, 0) is 4.79 Å². The lowest BCUT2D eigenvalue weighted by molar-refractivity contribution is -0.113. The number of amides is 1. The van der Waals surface area contributed by atoms with Gasteiger partial charge in [0.25, 0.3) is 0 Å². The van der Waals surface area contributed by atoms with Crippen molar-refractivity contribution in [3.8, 4) is 0 Å². The van der Waals surface area contributed by atoms with E-state index in [1.54, 1.807) is 0 Å².